The number of benzene rings is 1. The molecule has 0 radical (unpaired) electrons. The second-order valence-corrected chi connectivity index (χ2v) is 6.70. The predicted octanol–water partition coefficient (Wildman–Crippen LogP) is 2.95. The van der Waals surface area contributed by atoms with Crippen LogP contribution in [0.25, 0.3) is 0 Å². The number of anilines is 2. The third-order valence-electron chi connectivity index (χ3n) is 4.59. The molecule has 2 heterocycles. The van der Waals surface area contributed by atoms with E-state index in [-0.39, 0.29) is 11.3 Å². The van der Waals surface area contributed by atoms with Crippen molar-refractivity contribution in [3.63, 3.8) is 0 Å². The van der Waals surface area contributed by atoms with E-state index >= 15 is 0 Å². The summed E-state index contributed by atoms with van der Waals surface area (Å²) in [5.74, 6) is -1.05. The lowest BCUT2D eigenvalue weighted by Crippen LogP contribution is -2.30. The number of carbonyl (C=O) groups is 1. The van der Waals surface area contributed by atoms with Crippen molar-refractivity contribution in [3.8, 4) is 0 Å². The monoisotopic (exact) mass is 433 g/mol. The van der Waals surface area contributed by atoms with Gasteiger partial charge in [0.1, 0.15) is 18.0 Å². The third-order valence-corrected chi connectivity index (χ3v) is 4.59. The van der Waals surface area contributed by atoms with Crippen LogP contribution in [0, 0.1) is 0 Å². The lowest BCUT2D eigenvalue weighted by atomic mass is 10.1. The van der Waals surface area contributed by atoms with Gasteiger partial charge in [0.05, 0.1) is 23.5 Å². The standard InChI is InChI=1S/C20H18F3N5O3/c1-24-19-25-7-6-11(27-19)10-26-14-5-3-2-4-12(14)18(29)28-15-9-17-16(8-13(15)21)30-20(22,23)31-17/h2-9,16-17,26H,10H2,1H3,(H,28,29)(H,24,25,27). The molecule has 2 aromatic rings. The molecule has 1 amide bonds. The smallest absolute Gasteiger partial charge is 0.379 e. The number of rotatable bonds is 6. The van der Waals surface area contributed by atoms with Gasteiger partial charge in [-0.3, -0.25) is 14.3 Å². The number of nitrogens with zero attached hydrogens (tertiary/aromatic N) is 2. The summed E-state index contributed by atoms with van der Waals surface area (Å²) in [6, 6.07) is 8.33. The second kappa shape index (κ2) is 8.36. The molecule has 1 aromatic heterocycles. The van der Waals surface area contributed by atoms with E-state index in [1.54, 1.807) is 43.6 Å². The number of halogens is 3. The Morgan fingerprint density at radius 3 is 2.68 bits per heavy atom. The molecule has 8 nitrogen and oxygen atoms in total. The number of alkyl halides is 2. The molecular weight excluding hydrogens is 415 g/mol. The van der Waals surface area contributed by atoms with Crippen LogP contribution in [-0.2, 0) is 16.0 Å². The van der Waals surface area contributed by atoms with E-state index in [9.17, 15) is 18.0 Å². The number of aromatic nitrogens is 2. The van der Waals surface area contributed by atoms with Gasteiger partial charge in [0.2, 0.25) is 5.95 Å². The lowest BCUT2D eigenvalue weighted by molar-refractivity contribution is -0.347. The third kappa shape index (κ3) is 4.67. The predicted molar refractivity (Wildman–Crippen MR) is 105 cm³/mol. The number of para-hydroxylation sites is 1. The van der Waals surface area contributed by atoms with Gasteiger partial charge in [-0.15, -0.1) is 8.78 Å². The molecule has 1 saturated heterocycles. The number of nitrogens with one attached hydrogen (secondary N) is 3. The Morgan fingerprint density at radius 1 is 1.16 bits per heavy atom. The summed E-state index contributed by atoms with van der Waals surface area (Å²) in [6.07, 6.45) is -2.77. The van der Waals surface area contributed by atoms with Crippen LogP contribution in [-0.4, -0.2) is 41.4 Å². The number of allylic oxidation sites excluding steroid dienone is 1. The van der Waals surface area contributed by atoms with E-state index < -0.39 is 30.2 Å². The first kappa shape index (κ1) is 20.8. The Bertz CT molecular complexity index is 1060. The quantitative estimate of drug-likeness (QED) is 0.645. The highest BCUT2D eigenvalue weighted by Crippen LogP contribution is 2.36. The van der Waals surface area contributed by atoms with Gasteiger partial charge in [-0.2, -0.15) is 0 Å². The molecule has 162 valence electrons. The van der Waals surface area contributed by atoms with Crippen LogP contribution in [0.15, 0.2) is 60.2 Å². The highest BCUT2D eigenvalue weighted by Gasteiger charge is 2.49. The minimum atomic E-state index is -3.81. The maximum Gasteiger partial charge on any atom is 0.486 e. The first-order valence-electron chi connectivity index (χ1n) is 9.31. The SMILES string of the molecule is CNc1nccc(CNc2ccccc2C(=O)NC2=CC3OC(F)(F)OC3C=C2F)n1. The van der Waals surface area contributed by atoms with E-state index in [0.717, 1.165) is 12.2 Å². The fourth-order valence-electron chi connectivity index (χ4n) is 3.14. The van der Waals surface area contributed by atoms with Crippen molar-refractivity contribution < 1.29 is 27.4 Å². The first-order chi connectivity index (χ1) is 14.8. The van der Waals surface area contributed by atoms with Crippen molar-refractivity contribution in [2.75, 3.05) is 17.7 Å². The van der Waals surface area contributed by atoms with Crippen LogP contribution >= 0.6 is 0 Å². The van der Waals surface area contributed by atoms with Crippen molar-refractivity contribution in [2.24, 2.45) is 0 Å². The number of hydrogen-bond donors (Lipinski definition) is 3. The molecule has 31 heavy (non-hydrogen) atoms. The van der Waals surface area contributed by atoms with Crippen molar-refractivity contribution in [3.05, 3.63) is 71.5 Å². The summed E-state index contributed by atoms with van der Waals surface area (Å²) in [4.78, 5) is 21.1. The van der Waals surface area contributed by atoms with Gasteiger partial charge in [-0.1, -0.05) is 12.1 Å². The van der Waals surface area contributed by atoms with E-state index in [4.69, 9.17) is 0 Å². The van der Waals surface area contributed by atoms with Gasteiger partial charge >= 0.3 is 6.29 Å². The van der Waals surface area contributed by atoms with Crippen LogP contribution in [0.4, 0.5) is 24.8 Å². The van der Waals surface area contributed by atoms with Crippen molar-refractivity contribution >= 4 is 17.5 Å². The largest absolute Gasteiger partial charge is 0.486 e. The summed E-state index contributed by atoms with van der Waals surface area (Å²) in [5.41, 5.74) is 1.13. The van der Waals surface area contributed by atoms with E-state index in [2.05, 4.69) is 35.4 Å². The Morgan fingerprint density at radius 2 is 1.90 bits per heavy atom. The minimum Gasteiger partial charge on any atom is -0.379 e. The zero-order valence-corrected chi connectivity index (χ0v) is 16.2. The normalized spacial score (nSPS) is 21.5. The van der Waals surface area contributed by atoms with Crippen molar-refractivity contribution in [1.82, 2.24) is 15.3 Å². The molecule has 0 saturated carbocycles. The highest BCUT2D eigenvalue weighted by molar-refractivity contribution is 6.00. The lowest BCUT2D eigenvalue weighted by Gasteiger charge is -2.19. The summed E-state index contributed by atoms with van der Waals surface area (Å²) >= 11 is 0. The van der Waals surface area contributed by atoms with Crippen LogP contribution < -0.4 is 16.0 Å². The van der Waals surface area contributed by atoms with Crippen LogP contribution in [0.5, 0.6) is 0 Å². The topological polar surface area (TPSA) is 97.4 Å². The zero-order chi connectivity index (χ0) is 22.0. The molecule has 0 bridgehead atoms. The Kier molecular flexibility index (Phi) is 5.61. The number of carbonyl (C=O) groups excluding carboxylic acids is 1. The molecule has 4 rings (SSSR count). The highest BCUT2D eigenvalue weighted by atomic mass is 19.3. The summed E-state index contributed by atoms with van der Waals surface area (Å²) in [7, 11) is 1.70. The average molecular weight is 433 g/mol. The van der Waals surface area contributed by atoms with Gasteiger partial charge in [0, 0.05) is 18.9 Å². The van der Waals surface area contributed by atoms with Gasteiger partial charge < -0.3 is 16.0 Å². The molecule has 11 heteroatoms. The maximum atomic E-state index is 14.3. The summed E-state index contributed by atoms with van der Waals surface area (Å²) in [6.45, 7) is 0.308. The number of amides is 1. The van der Waals surface area contributed by atoms with Crippen LogP contribution in [0.1, 0.15) is 16.1 Å². The number of fused-ring (bicyclic) bond motifs is 1. The Hall–Kier alpha value is -3.44. The first-order valence-corrected chi connectivity index (χ1v) is 9.31. The van der Waals surface area contributed by atoms with Gasteiger partial charge in [-0.05, 0) is 30.4 Å². The van der Waals surface area contributed by atoms with Gasteiger partial charge in [0.25, 0.3) is 5.91 Å². The van der Waals surface area contributed by atoms with Gasteiger partial charge in [0.15, 0.2) is 0 Å². The van der Waals surface area contributed by atoms with Gasteiger partial charge in [-0.25, -0.2) is 14.4 Å². The van der Waals surface area contributed by atoms with E-state index in [1.807, 2.05) is 0 Å². The molecule has 2 unspecified atom stereocenters. The maximum absolute atomic E-state index is 14.3. The van der Waals surface area contributed by atoms with Crippen LogP contribution in [0.2, 0.25) is 0 Å². The molecule has 0 spiro atoms. The molecule has 2 atom stereocenters. The fourth-order valence-corrected chi connectivity index (χ4v) is 3.14. The van der Waals surface area contributed by atoms with Crippen molar-refractivity contribution in [2.45, 2.75) is 25.0 Å². The fraction of sp³-hybridized carbons (Fsp3) is 0.250. The van der Waals surface area contributed by atoms with E-state index in [1.165, 1.54) is 0 Å². The second-order valence-electron chi connectivity index (χ2n) is 6.70. The molecule has 1 aliphatic heterocycles. The minimum absolute atomic E-state index is 0.232. The summed E-state index contributed by atoms with van der Waals surface area (Å²) < 4.78 is 49.5. The molecule has 1 fully saturated rings. The van der Waals surface area contributed by atoms with E-state index in [0.29, 0.717) is 23.9 Å². The number of hydrogen-bond acceptors (Lipinski definition) is 7. The molecular formula is C20H18F3N5O3. The van der Waals surface area contributed by atoms with Crippen LogP contribution in [0.3, 0.4) is 0 Å². The average Bonchev–Trinajstić information content (AvgIpc) is 3.05. The van der Waals surface area contributed by atoms with Crippen molar-refractivity contribution in [1.29, 1.82) is 0 Å². The Labute approximate surface area is 175 Å². The molecule has 3 N–H and O–H groups in total. The molecule has 2 aliphatic rings. The summed E-state index contributed by atoms with van der Waals surface area (Å²) in [5, 5.41) is 8.35. The Balaban J connectivity index is 1.47. The molecule has 1 aliphatic carbocycles. The number of ether oxygens (including phenoxy) is 2. The zero-order valence-electron chi connectivity index (χ0n) is 16.2. The molecule has 1 aromatic carbocycles.